The number of nitrogens with zero attached hydrogens (tertiary/aromatic N) is 4. The summed E-state index contributed by atoms with van der Waals surface area (Å²) in [6, 6.07) is 16.1. The number of amides is 2. The fraction of sp³-hybridized carbons (Fsp3) is 0.105. The fourth-order valence-electron chi connectivity index (χ4n) is 2.61. The van der Waals surface area contributed by atoms with Gasteiger partial charge in [-0.2, -0.15) is 10.1 Å². The Hall–Kier alpha value is -3.17. The lowest BCUT2D eigenvalue weighted by atomic mass is 10.2. The molecule has 1 aliphatic heterocycles. The van der Waals surface area contributed by atoms with Gasteiger partial charge in [0.05, 0.1) is 28.4 Å². The van der Waals surface area contributed by atoms with Crippen molar-refractivity contribution in [2.45, 2.75) is 11.6 Å². The molecule has 0 radical (unpaired) electrons. The number of thioether (sulfide) groups is 1. The van der Waals surface area contributed by atoms with Crippen LogP contribution in [0.1, 0.15) is 6.42 Å². The maximum atomic E-state index is 12.2. The third kappa shape index (κ3) is 4.47. The molecular weight excluding hydrogens is 414 g/mol. The van der Waals surface area contributed by atoms with Crippen molar-refractivity contribution >= 4 is 46.7 Å². The van der Waals surface area contributed by atoms with Crippen molar-refractivity contribution in [2.75, 3.05) is 10.8 Å². The smallest absolute Gasteiger partial charge is 0.277 e. The van der Waals surface area contributed by atoms with Gasteiger partial charge in [-0.1, -0.05) is 53.7 Å². The fourth-order valence-corrected chi connectivity index (χ4v) is 3.39. The van der Waals surface area contributed by atoms with Crippen LogP contribution < -0.4 is 10.3 Å². The van der Waals surface area contributed by atoms with E-state index in [1.165, 1.54) is 5.01 Å². The molecule has 0 unspecified atom stereocenters. The zero-order chi connectivity index (χ0) is 20.2. The minimum Gasteiger partial charge on any atom is -0.411 e. The molecule has 1 aliphatic rings. The Morgan fingerprint density at radius 1 is 1.14 bits per heavy atom. The number of carbonyl (C=O) groups is 2. The lowest BCUT2D eigenvalue weighted by molar-refractivity contribution is -0.117. The van der Waals surface area contributed by atoms with Crippen molar-refractivity contribution in [3.8, 4) is 11.5 Å². The number of hydrogen-bond donors (Lipinski definition) is 1. The number of hydrazone groups is 1. The van der Waals surface area contributed by atoms with Crippen molar-refractivity contribution in [1.82, 2.24) is 15.5 Å². The summed E-state index contributed by atoms with van der Waals surface area (Å²) < 4.78 is 5.55. The first-order chi connectivity index (χ1) is 14.1. The van der Waals surface area contributed by atoms with Crippen LogP contribution in [0.3, 0.4) is 0 Å². The lowest BCUT2D eigenvalue weighted by Crippen LogP contribution is -2.31. The normalized spacial score (nSPS) is 13.5. The van der Waals surface area contributed by atoms with Crippen molar-refractivity contribution < 1.29 is 14.0 Å². The van der Waals surface area contributed by atoms with Gasteiger partial charge < -0.3 is 9.73 Å². The van der Waals surface area contributed by atoms with Crippen LogP contribution in [0.4, 0.5) is 5.69 Å². The molecule has 2 heterocycles. The maximum absolute atomic E-state index is 12.2. The first-order valence-electron chi connectivity index (χ1n) is 8.57. The molecule has 146 valence electrons. The highest BCUT2D eigenvalue weighted by atomic mass is 35.5. The van der Waals surface area contributed by atoms with E-state index >= 15 is 0 Å². The second kappa shape index (κ2) is 8.46. The quantitative estimate of drug-likeness (QED) is 0.626. The highest BCUT2D eigenvalue weighted by Gasteiger charge is 2.26. The molecule has 4 rings (SSSR count). The van der Waals surface area contributed by atoms with Gasteiger partial charge in [0.15, 0.2) is 0 Å². The summed E-state index contributed by atoms with van der Waals surface area (Å²) in [6.45, 7) is 0. The molecule has 1 N–H and O–H groups in total. The predicted molar refractivity (Wildman–Crippen MR) is 110 cm³/mol. The van der Waals surface area contributed by atoms with Crippen molar-refractivity contribution in [2.24, 2.45) is 5.10 Å². The standard InChI is InChI=1S/C19H14ClN5O3S/c20-14-9-5-4-8-13(14)18-22-23-19(28-18)29-11-16(26)21-15-10-17(27)25(24-15)12-6-2-1-3-7-12/h1-9H,10-11H2,(H,21,24,26). The molecule has 0 bridgehead atoms. The number of hydrogen-bond acceptors (Lipinski definition) is 7. The van der Waals surface area contributed by atoms with E-state index in [0.717, 1.165) is 11.8 Å². The van der Waals surface area contributed by atoms with Gasteiger partial charge in [-0.05, 0) is 24.3 Å². The number of benzene rings is 2. The lowest BCUT2D eigenvalue weighted by Gasteiger charge is -2.10. The van der Waals surface area contributed by atoms with Gasteiger partial charge in [-0.3, -0.25) is 9.59 Å². The summed E-state index contributed by atoms with van der Waals surface area (Å²) in [5.41, 5.74) is 1.27. The summed E-state index contributed by atoms with van der Waals surface area (Å²) in [7, 11) is 0. The predicted octanol–water partition coefficient (Wildman–Crippen LogP) is 3.35. The number of halogens is 1. The molecule has 8 nitrogen and oxygen atoms in total. The molecule has 2 amide bonds. The van der Waals surface area contributed by atoms with Gasteiger partial charge >= 0.3 is 0 Å². The minimum atomic E-state index is -0.325. The molecule has 10 heteroatoms. The number of carbonyl (C=O) groups excluding carboxylic acids is 2. The Morgan fingerprint density at radius 3 is 2.69 bits per heavy atom. The first kappa shape index (κ1) is 19.2. The zero-order valence-corrected chi connectivity index (χ0v) is 16.5. The monoisotopic (exact) mass is 427 g/mol. The Balaban J connectivity index is 1.34. The van der Waals surface area contributed by atoms with E-state index in [9.17, 15) is 9.59 Å². The van der Waals surface area contributed by atoms with Gasteiger partial charge in [0, 0.05) is 0 Å². The Kier molecular flexibility index (Phi) is 5.59. The topological polar surface area (TPSA) is 101 Å². The van der Waals surface area contributed by atoms with Gasteiger partial charge in [-0.25, -0.2) is 0 Å². The highest BCUT2D eigenvalue weighted by molar-refractivity contribution is 7.99. The first-order valence-corrected chi connectivity index (χ1v) is 9.93. The highest BCUT2D eigenvalue weighted by Crippen LogP contribution is 2.28. The summed E-state index contributed by atoms with van der Waals surface area (Å²) in [5.74, 6) is 0.0757. The third-order valence-electron chi connectivity index (χ3n) is 3.90. The third-order valence-corrected chi connectivity index (χ3v) is 5.05. The van der Waals surface area contributed by atoms with Crippen LogP contribution in [-0.4, -0.2) is 33.6 Å². The van der Waals surface area contributed by atoms with Gasteiger partial charge in [0.2, 0.25) is 11.8 Å². The number of amidine groups is 1. The van der Waals surface area contributed by atoms with E-state index in [-0.39, 0.29) is 35.1 Å². The average Bonchev–Trinajstić information content (AvgIpc) is 3.34. The van der Waals surface area contributed by atoms with Crippen LogP contribution in [-0.2, 0) is 9.59 Å². The van der Waals surface area contributed by atoms with Crippen LogP contribution >= 0.6 is 23.4 Å². The molecular formula is C19H14ClN5O3S. The van der Waals surface area contributed by atoms with E-state index in [1.54, 1.807) is 30.3 Å². The van der Waals surface area contributed by atoms with Crippen LogP contribution in [0.5, 0.6) is 0 Å². The van der Waals surface area contributed by atoms with Gasteiger partial charge in [0.1, 0.15) is 5.84 Å². The van der Waals surface area contributed by atoms with E-state index in [4.69, 9.17) is 16.0 Å². The Bertz CT molecular complexity index is 1090. The molecule has 0 saturated heterocycles. The number of rotatable bonds is 5. The minimum absolute atomic E-state index is 0.0303. The molecule has 3 aromatic rings. The molecule has 0 atom stereocenters. The SMILES string of the molecule is O=C(CSc1nnc(-c2ccccc2Cl)o1)NC1=NN(c2ccccc2)C(=O)C1. The molecule has 29 heavy (non-hydrogen) atoms. The summed E-state index contributed by atoms with van der Waals surface area (Å²) in [6.07, 6.45) is 0.0303. The van der Waals surface area contributed by atoms with Crippen LogP contribution in [0.2, 0.25) is 5.02 Å². The van der Waals surface area contributed by atoms with Crippen LogP contribution in [0.15, 0.2) is 69.3 Å². The second-order valence-corrected chi connectivity index (χ2v) is 7.29. The number of anilines is 1. The average molecular weight is 428 g/mol. The summed E-state index contributed by atoms with van der Waals surface area (Å²) in [5, 5.41) is 16.7. The Morgan fingerprint density at radius 2 is 1.90 bits per heavy atom. The largest absolute Gasteiger partial charge is 0.411 e. The van der Waals surface area contributed by atoms with Crippen LogP contribution in [0, 0.1) is 0 Å². The molecule has 1 aromatic heterocycles. The molecule has 0 aliphatic carbocycles. The summed E-state index contributed by atoms with van der Waals surface area (Å²) >= 11 is 7.20. The van der Waals surface area contributed by atoms with E-state index in [0.29, 0.717) is 22.1 Å². The van der Waals surface area contributed by atoms with E-state index in [1.807, 2.05) is 24.3 Å². The van der Waals surface area contributed by atoms with Crippen molar-refractivity contribution in [3.05, 3.63) is 59.6 Å². The van der Waals surface area contributed by atoms with Crippen molar-refractivity contribution in [1.29, 1.82) is 0 Å². The molecule has 0 fully saturated rings. The molecule has 0 saturated carbocycles. The van der Waals surface area contributed by atoms with Crippen molar-refractivity contribution in [3.63, 3.8) is 0 Å². The molecule has 0 spiro atoms. The van der Waals surface area contributed by atoms with Gasteiger partial charge in [0.25, 0.3) is 11.1 Å². The number of nitrogens with one attached hydrogen (secondary N) is 1. The number of aromatic nitrogens is 2. The Labute approximate surface area is 174 Å². The number of para-hydroxylation sites is 1. The van der Waals surface area contributed by atoms with E-state index in [2.05, 4.69) is 20.6 Å². The molecule has 2 aromatic carbocycles. The second-order valence-electron chi connectivity index (χ2n) is 5.95. The summed E-state index contributed by atoms with van der Waals surface area (Å²) in [4.78, 5) is 24.3. The van der Waals surface area contributed by atoms with E-state index < -0.39 is 0 Å². The van der Waals surface area contributed by atoms with Gasteiger partial charge in [-0.15, -0.1) is 10.2 Å². The van der Waals surface area contributed by atoms with Crippen LogP contribution in [0.25, 0.3) is 11.5 Å². The maximum Gasteiger partial charge on any atom is 0.277 e. The zero-order valence-electron chi connectivity index (χ0n) is 14.9.